The van der Waals surface area contributed by atoms with Crippen molar-refractivity contribution in [3.8, 4) is 0 Å². The number of nitrogens with zero attached hydrogens (tertiary/aromatic N) is 3. The smallest absolute Gasteiger partial charge is 0.227 e. The van der Waals surface area contributed by atoms with Crippen LogP contribution in [-0.2, 0) is 0 Å². The molecular weight excluding hydrogens is 458 g/mol. The number of carbonyl (C=O) groups is 1. The van der Waals surface area contributed by atoms with Crippen LogP contribution in [0.3, 0.4) is 0 Å². The molecule has 2 aromatic heterocycles. The predicted molar refractivity (Wildman–Crippen MR) is 144 cm³/mol. The summed E-state index contributed by atoms with van der Waals surface area (Å²) in [5.74, 6) is 1.60. The molecule has 1 aliphatic heterocycles. The van der Waals surface area contributed by atoms with E-state index in [0.29, 0.717) is 34.9 Å². The van der Waals surface area contributed by atoms with E-state index in [9.17, 15) is 4.79 Å². The van der Waals surface area contributed by atoms with Crippen molar-refractivity contribution in [2.24, 2.45) is 16.8 Å². The van der Waals surface area contributed by atoms with Crippen molar-refractivity contribution >= 4 is 51.8 Å². The van der Waals surface area contributed by atoms with Crippen LogP contribution in [0.4, 0.5) is 11.6 Å². The maximum absolute atomic E-state index is 12.9. The van der Waals surface area contributed by atoms with Crippen LogP contribution in [0.2, 0.25) is 5.02 Å². The molecule has 3 heterocycles. The zero-order chi connectivity index (χ0) is 24.4. The van der Waals surface area contributed by atoms with Crippen molar-refractivity contribution in [1.82, 2.24) is 15.0 Å². The molecule has 7 heteroatoms. The Bertz CT molecular complexity index is 1340. The molecule has 0 amide bonds. The number of fused-ring (bicyclic) bond motifs is 1. The van der Waals surface area contributed by atoms with Gasteiger partial charge in [-0.1, -0.05) is 36.8 Å². The highest BCUT2D eigenvalue weighted by molar-refractivity contribution is 6.35. The third-order valence-electron chi connectivity index (χ3n) is 6.81. The number of ketones is 1. The molecule has 0 spiro atoms. The Kier molecular flexibility index (Phi) is 6.82. The number of benzene rings is 1. The maximum atomic E-state index is 12.9. The Morgan fingerprint density at radius 2 is 2.20 bits per heavy atom. The molecule has 0 radical (unpaired) electrons. The fourth-order valence-electron chi connectivity index (χ4n) is 4.87. The Morgan fingerprint density at radius 3 is 3.00 bits per heavy atom. The van der Waals surface area contributed by atoms with Gasteiger partial charge in [-0.15, -0.1) is 0 Å². The van der Waals surface area contributed by atoms with Crippen molar-refractivity contribution in [3.05, 3.63) is 65.1 Å². The Hall–Kier alpha value is -3.25. The van der Waals surface area contributed by atoms with Gasteiger partial charge in [0.2, 0.25) is 5.95 Å². The van der Waals surface area contributed by atoms with E-state index >= 15 is 0 Å². The van der Waals surface area contributed by atoms with Crippen LogP contribution in [0.5, 0.6) is 0 Å². The minimum absolute atomic E-state index is 0.120. The molecule has 1 saturated carbocycles. The third kappa shape index (κ3) is 5.54. The molecule has 2 N–H and O–H groups in total. The summed E-state index contributed by atoms with van der Waals surface area (Å²) in [6.45, 7) is 6.26. The van der Waals surface area contributed by atoms with E-state index in [-0.39, 0.29) is 5.78 Å². The summed E-state index contributed by atoms with van der Waals surface area (Å²) in [6, 6.07) is 7.51. The molecule has 1 fully saturated rings. The zero-order valence-electron chi connectivity index (χ0n) is 20.0. The SMILES string of the molecule is C=C1CCCC(CCC(=O)c2cc3cc(Nc4nccc(C5=CCC(C)C=N5)n4)cc(Cl)c3[nH]2)C1. The summed E-state index contributed by atoms with van der Waals surface area (Å²) in [7, 11) is 0. The molecule has 3 aromatic rings. The Morgan fingerprint density at radius 1 is 1.31 bits per heavy atom. The van der Waals surface area contributed by atoms with Crippen LogP contribution in [-0.4, -0.2) is 26.9 Å². The van der Waals surface area contributed by atoms with Gasteiger partial charge in [0.25, 0.3) is 0 Å². The van der Waals surface area contributed by atoms with Crippen molar-refractivity contribution in [1.29, 1.82) is 0 Å². The average Bonchev–Trinajstić information content (AvgIpc) is 3.28. The van der Waals surface area contributed by atoms with E-state index in [1.54, 1.807) is 6.20 Å². The minimum atomic E-state index is 0.120. The number of Topliss-reactive ketones (excluding diaryl/α,β-unsaturated/α-hetero) is 1. The largest absolute Gasteiger partial charge is 0.351 e. The van der Waals surface area contributed by atoms with Crippen LogP contribution in [0.15, 0.2) is 53.7 Å². The lowest BCUT2D eigenvalue weighted by Crippen LogP contribution is -2.10. The van der Waals surface area contributed by atoms with E-state index < -0.39 is 0 Å². The number of aromatic nitrogens is 3. The third-order valence-corrected chi connectivity index (χ3v) is 7.10. The molecule has 0 saturated heterocycles. The first-order valence-corrected chi connectivity index (χ1v) is 12.7. The second kappa shape index (κ2) is 10.2. The Balaban J connectivity index is 1.30. The van der Waals surface area contributed by atoms with Crippen LogP contribution in [0.1, 0.15) is 68.1 Å². The second-order valence-corrected chi connectivity index (χ2v) is 10.2. The van der Waals surface area contributed by atoms with Crippen molar-refractivity contribution < 1.29 is 4.79 Å². The molecule has 1 aromatic carbocycles. The number of allylic oxidation sites excluding steroid dienone is 2. The summed E-state index contributed by atoms with van der Waals surface area (Å²) in [5, 5.41) is 4.66. The fraction of sp³-hybridized carbons (Fsp3) is 0.357. The summed E-state index contributed by atoms with van der Waals surface area (Å²) in [6.07, 6.45) is 12.7. The number of H-pyrrole nitrogens is 1. The van der Waals surface area contributed by atoms with E-state index in [2.05, 4.69) is 44.8 Å². The molecule has 35 heavy (non-hydrogen) atoms. The minimum Gasteiger partial charge on any atom is -0.351 e. The number of hydrogen-bond donors (Lipinski definition) is 2. The van der Waals surface area contributed by atoms with Gasteiger partial charge in [0.05, 0.1) is 27.6 Å². The number of aliphatic imine (C=N–C) groups is 1. The lowest BCUT2D eigenvalue weighted by Gasteiger charge is -2.22. The predicted octanol–water partition coefficient (Wildman–Crippen LogP) is 7.52. The topological polar surface area (TPSA) is 83.0 Å². The number of carbonyl (C=O) groups excluding carboxylic acids is 1. The van der Waals surface area contributed by atoms with Crippen molar-refractivity contribution in [2.75, 3.05) is 5.32 Å². The number of nitrogens with one attached hydrogen (secondary N) is 2. The summed E-state index contributed by atoms with van der Waals surface area (Å²) in [4.78, 5) is 29.6. The quantitative estimate of drug-likeness (QED) is 0.266. The van der Waals surface area contributed by atoms with Crippen molar-refractivity contribution in [2.45, 2.75) is 51.9 Å². The van der Waals surface area contributed by atoms with Crippen LogP contribution >= 0.6 is 11.6 Å². The molecule has 2 atom stereocenters. The Labute approximate surface area is 210 Å². The zero-order valence-corrected chi connectivity index (χ0v) is 20.7. The highest BCUT2D eigenvalue weighted by Crippen LogP contribution is 2.32. The van der Waals surface area contributed by atoms with Crippen LogP contribution in [0.25, 0.3) is 16.6 Å². The van der Waals surface area contributed by atoms with E-state index in [1.165, 1.54) is 18.4 Å². The van der Waals surface area contributed by atoms with E-state index in [0.717, 1.165) is 53.7 Å². The molecule has 6 nitrogen and oxygen atoms in total. The summed E-state index contributed by atoms with van der Waals surface area (Å²) in [5.41, 5.74) is 5.06. The van der Waals surface area contributed by atoms with Gasteiger partial charge < -0.3 is 10.3 Å². The van der Waals surface area contributed by atoms with Gasteiger partial charge in [0.1, 0.15) is 0 Å². The van der Waals surface area contributed by atoms with Gasteiger partial charge in [-0.05, 0) is 74.6 Å². The average molecular weight is 488 g/mol. The van der Waals surface area contributed by atoms with E-state index in [4.69, 9.17) is 11.6 Å². The standard InChI is InChI=1S/C28H30ClN5O/c1-17-4-3-5-19(12-17)7-9-26(35)25-14-20-13-21(15-22(29)27(20)33-25)32-28-30-11-10-24(34-28)23-8-6-18(2)16-31-23/h8,10-11,13-16,18-19,33H,1,3-7,9,12H2,2H3,(H,30,32,34). The lowest BCUT2D eigenvalue weighted by atomic mass is 9.83. The summed E-state index contributed by atoms with van der Waals surface area (Å²) < 4.78 is 0. The highest BCUT2D eigenvalue weighted by Gasteiger charge is 2.19. The second-order valence-electron chi connectivity index (χ2n) is 9.75. The molecule has 2 aliphatic rings. The van der Waals surface area contributed by atoms with Gasteiger partial charge in [0.15, 0.2) is 5.78 Å². The van der Waals surface area contributed by atoms with Crippen LogP contribution < -0.4 is 5.32 Å². The number of hydrogen-bond acceptors (Lipinski definition) is 5. The first-order valence-electron chi connectivity index (χ1n) is 12.3. The molecule has 5 rings (SSSR count). The van der Waals surface area contributed by atoms with Gasteiger partial charge in [-0.25, -0.2) is 9.97 Å². The van der Waals surface area contributed by atoms with Crippen molar-refractivity contribution in [3.63, 3.8) is 0 Å². The van der Waals surface area contributed by atoms with Crippen LogP contribution in [0, 0.1) is 11.8 Å². The number of rotatable bonds is 7. The fourth-order valence-corrected chi connectivity index (χ4v) is 5.15. The monoisotopic (exact) mass is 487 g/mol. The first-order chi connectivity index (χ1) is 16.9. The van der Waals surface area contributed by atoms with E-state index in [1.807, 2.05) is 30.5 Å². The molecule has 180 valence electrons. The highest BCUT2D eigenvalue weighted by atomic mass is 35.5. The lowest BCUT2D eigenvalue weighted by molar-refractivity contribution is 0.0967. The molecule has 0 bridgehead atoms. The number of aromatic amines is 1. The molecule has 2 unspecified atom stereocenters. The number of halogens is 1. The normalized spacial score (nSPS) is 20.2. The number of anilines is 2. The maximum Gasteiger partial charge on any atom is 0.227 e. The first kappa shape index (κ1) is 23.5. The van der Waals surface area contributed by atoms with Gasteiger partial charge in [0, 0.05) is 29.9 Å². The van der Waals surface area contributed by atoms with Gasteiger partial charge in [-0.2, -0.15) is 0 Å². The van der Waals surface area contributed by atoms with Gasteiger partial charge >= 0.3 is 0 Å². The molecular formula is C28H30ClN5O. The molecule has 1 aliphatic carbocycles. The summed E-state index contributed by atoms with van der Waals surface area (Å²) >= 11 is 6.57. The van der Waals surface area contributed by atoms with Gasteiger partial charge in [-0.3, -0.25) is 9.79 Å².